The second kappa shape index (κ2) is 13.3. The number of esters is 4. The lowest BCUT2D eigenvalue weighted by molar-refractivity contribution is -0.171. The summed E-state index contributed by atoms with van der Waals surface area (Å²) in [5.74, 6) is -11.0. The topological polar surface area (TPSA) is 149 Å². The van der Waals surface area contributed by atoms with E-state index in [2.05, 4.69) is 0 Å². The molecule has 0 aromatic rings. The summed E-state index contributed by atoms with van der Waals surface area (Å²) in [6.45, 7) is 9.64. The fraction of sp³-hybridized carbons (Fsp3) is 0.760. The van der Waals surface area contributed by atoms with Crippen molar-refractivity contribution in [2.75, 3.05) is 28.4 Å². The van der Waals surface area contributed by atoms with Gasteiger partial charge in [0.2, 0.25) is 0 Å². The Morgan fingerprint density at radius 3 is 1.81 bits per heavy atom. The minimum Gasteiger partial charge on any atom is -0.469 e. The first-order valence-corrected chi connectivity index (χ1v) is 15.0. The zero-order valence-corrected chi connectivity index (χ0v) is 24.2. The molecule has 37 heavy (non-hydrogen) atoms. The number of carbonyl (C=O) groups excluding carboxylic acids is 6. The first-order valence-electron chi connectivity index (χ1n) is 12.1. The van der Waals surface area contributed by atoms with Crippen molar-refractivity contribution in [1.82, 2.24) is 0 Å². The maximum absolute atomic E-state index is 13.6. The number of rotatable bonds is 10. The van der Waals surface area contributed by atoms with Gasteiger partial charge in [0.1, 0.15) is 12.1 Å². The van der Waals surface area contributed by atoms with Gasteiger partial charge in [0, 0.05) is 24.7 Å². The monoisotopic (exact) mass is 544 g/mol. The van der Waals surface area contributed by atoms with Gasteiger partial charge in [0.15, 0.2) is 14.2 Å². The predicted molar refractivity (Wildman–Crippen MR) is 133 cm³/mol. The van der Waals surface area contributed by atoms with E-state index < -0.39 is 85.1 Å². The molecule has 0 aromatic heterocycles. The summed E-state index contributed by atoms with van der Waals surface area (Å²) >= 11 is 0. The second-order valence-corrected chi connectivity index (χ2v) is 15.4. The van der Waals surface area contributed by atoms with Gasteiger partial charge in [0.25, 0.3) is 0 Å². The Morgan fingerprint density at radius 1 is 0.919 bits per heavy atom. The van der Waals surface area contributed by atoms with Crippen molar-refractivity contribution in [3.63, 3.8) is 0 Å². The van der Waals surface area contributed by atoms with Crippen LogP contribution in [0.4, 0.5) is 0 Å². The van der Waals surface area contributed by atoms with E-state index >= 15 is 0 Å². The Bertz CT molecular complexity index is 860. The van der Waals surface area contributed by atoms with Gasteiger partial charge in [-0.2, -0.15) is 0 Å². The average Bonchev–Trinajstić information content (AvgIpc) is 2.95. The summed E-state index contributed by atoms with van der Waals surface area (Å²) in [6.07, 6.45) is -1.19. The number of carbonyl (C=O) groups is 6. The third-order valence-electron chi connectivity index (χ3n) is 7.56. The average molecular weight is 545 g/mol. The Balaban J connectivity index is 4.05. The fourth-order valence-electron chi connectivity index (χ4n) is 4.56. The molecule has 0 aliphatic heterocycles. The van der Waals surface area contributed by atoms with Crippen molar-refractivity contribution in [2.24, 2.45) is 29.6 Å². The van der Waals surface area contributed by atoms with Crippen LogP contribution in [0.2, 0.25) is 18.1 Å². The summed E-state index contributed by atoms with van der Waals surface area (Å²) in [5.41, 5.74) is 0. The molecule has 5 atom stereocenters. The van der Waals surface area contributed by atoms with Gasteiger partial charge in [-0.25, -0.2) is 0 Å². The molecule has 0 N–H and O–H groups in total. The minimum absolute atomic E-state index is 0.0454. The van der Waals surface area contributed by atoms with Gasteiger partial charge in [-0.05, 0) is 24.6 Å². The first kappa shape index (κ1) is 32.4. The number of ether oxygens (including phenoxy) is 4. The molecule has 0 bridgehead atoms. The van der Waals surface area contributed by atoms with E-state index in [0.717, 1.165) is 28.4 Å². The van der Waals surface area contributed by atoms with Gasteiger partial charge in [-0.1, -0.05) is 20.8 Å². The SMILES string of the molecule is COC(=O)C(C(=O)OC)[C@@H]1CC(=O)[C@H](CCC=O)[C@H](C(=O)OC)[C@@H](C(=O)OC)[C@H]1O[Si](C)(C)C(C)(C)C. The molecule has 0 spiro atoms. The van der Waals surface area contributed by atoms with Gasteiger partial charge in [-0.15, -0.1) is 0 Å². The summed E-state index contributed by atoms with van der Waals surface area (Å²) in [7, 11) is 1.65. The van der Waals surface area contributed by atoms with Crippen molar-refractivity contribution >= 4 is 44.3 Å². The lowest BCUT2D eigenvalue weighted by atomic mass is 9.75. The quantitative estimate of drug-likeness (QED) is 0.0994. The number of aldehydes is 1. The molecule has 0 radical (unpaired) electrons. The summed E-state index contributed by atoms with van der Waals surface area (Å²) in [4.78, 5) is 77.1. The number of methoxy groups -OCH3 is 4. The minimum atomic E-state index is -2.77. The zero-order chi connectivity index (χ0) is 28.7. The summed E-state index contributed by atoms with van der Waals surface area (Å²) in [6, 6.07) is 0. The highest BCUT2D eigenvalue weighted by Gasteiger charge is 2.58. The predicted octanol–water partition coefficient (Wildman–Crippen LogP) is 2.10. The van der Waals surface area contributed by atoms with Crippen LogP contribution >= 0.6 is 0 Å². The normalized spacial score (nSPS) is 24.6. The molecule has 12 heteroatoms. The first-order chi connectivity index (χ1) is 17.1. The summed E-state index contributed by atoms with van der Waals surface area (Å²) in [5, 5.41) is -0.391. The fourth-order valence-corrected chi connectivity index (χ4v) is 5.91. The van der Waals surface area contributed by atoms with Crippen LogP contribution in [-0.4, -0.2) is 78.8 Å². The van der Waals surface area contributed by atoms with Crippen LogP contribution in [-0.2, 0) is 52.1 Å². The van der Waals surface area contributed by atoms with Crippen LogP contribution in [0.1, 0.15) is 40.0 Å². The van der Waals surface area contributed by atoms with Crippen molar-refractivity contribution < 1.29 is 52.1 Å². The highest BCUT2D eigenvalue weighted by Crippen LogP contribution is 2.46. The standard InChI is InChI=1S/C25H40O11Si/c1-25(2,3)37(8,9)36-20-15(18(22(29)33-5)23(30)34-6)13-16(27)14(11-10-12-26)17(21(28)32-4)19(20)24(31)35-7/h12,14-15,17-20H,10-11,13H2,1-9H3/t14-,15-,17-,19+,20-/m0/s1. The van der Waals surface area contributed by atoms with Crippen LogP contribution in [0.5, 0.6) is 0 Å². The maximum Gasteiger partial charge on any atom is 0.320 e. The second-order valence-electron chi connectivity index (χ2n) is 10.6. The molecule has 1 aliphatic carbocycles. The van der Waals surface area contributed by atoms with Gasteiger partial charge in [0.05, 0.1) is 46.4 Å². The Labute approximate surface area is 219 Å². The van der Waals surface area contributed by atoms with Crippen molar-refractivity contribution in [1.29, 1.82) is 0 Å². The Hall–Kier alpha value is -2.60. The smallest absolute Gasteiger partial charge is 0.320 e. The van der Waals surface area contributed by atoms with Crippen molar-refractivity contribution in [2.45, 2.75) is 64.3 Å². The molecule has 1 aliphatic rings. The summed E-state index contributed by atoms with van der Waals surface area (Å²) < 4.78 is 26.5. The van der Waals surface area contributed by atoms with E-state index in [9.17, 15) is 28.8 Å². The van der Waals surface area contributed by atoms with E-state index in [1.165, 1.54) is 0 Å². The zero-order valence-electron chi connectivity index (χ0n) is 23.2. The highest BCUT2D eigenvalue weighted by molar-refractivity contribution is 6.74. The lowest BCUT2D eigenvalue weighted by Gasteiger charge is -2.44. The Morgan fingerprint density at radius 2 is 1.41 bits per heavy atom. The Kier molecular flexibility index (Phi) is 11.6. The number of Topliss-reactive ketones (excluding diaryl/α,β-unsaturated/α-hetero) is 1. The van der Waals surface area contributed by atoms with Gasteiger partial charge < -0.3 is 28.2 Å². The van der Waals surface area contributed by atoms with E-state index in [4.69, 9.17) is 23.4 Å². The van der Waals surface area contributed by atoms with E-state index in [1.807, 2.05) is 33.9 Å². The number of ketones is 1. The molecule has 1 saturated carbocycles. The molecular formula is C25H40O11Si. The van der Waals surface area contributed by atoms with E-state index in [-0.39, 0.29) is 12.8 Å². The highest BCUT2D eigenvalue weighted by atomic mass is 28.4. The van der Waals surface area contributed by atoms with Crippen molar-refractivity contribution in [3.05, 3.63) is 0 Å². The lowest BCUT2D eigenvalue weighted by Crippen LogP contribution is -2.54. The molecule has 0 saturated heterocycles. The van der Waals surface area contributed by atoms with Crippen LogP contribution in [0.25, 0.3) is 0 Å². The maximum atomic E-state index is 13.6. The molecular weight excluding hydrogens is 504 g/mol. The van der Waals surface area contributed by atoms with Crippen LogP contribution < -0.4 is 0 Å². The molecule has 11 nitrogen and oxygen atoms in total. The third-order valence-corrected chi connectivity index (χ3v) is 12.0. The van der Waals surface area contributed by atoms with Gasteiger partial charge in [-0.3, -0.25) is 24.0 Å². The molecule has 210 valence electrons. The largest absolute Gasteiger partial charge is 0.469 e. The third kappa shape index (κ3) is 7.25. The van der Waals surface area contributed by atoms with E-state index in [1.54, 1.807) is 0 Å². The van der Waals surface area contributed by atoms with E-state index in [0.29, 0.717) is 6.29 Å². The molecule has 0 heterocycles. The van der Waals surface area contributed by atoms with Crippen LogP contribution in [0, 0.1) is 29.6 Å². The molecule has 1 rings (SSSR count). The molecule has 0 unspecified atom stereocenters. The van der Waals surface area contributed by atoms with Crippen LogP contribution in [0.15, 0.2) is 0 Å². The van der Waals surface area contributed by atoms with Gasteiger partial charge >= 0.3 is 23.9 Å². The molecule has 0 aromatic carbocycles. The van der Waals surface area contributed by atoms with Crippen molar-refractivity contribution in [3.8, 4) is 0 Å². The number of hydrogen-bond acceptors (Lipinski definition) is 11. The number of hydrogen-bond donors (Lipinski definition) is 0. The molecule has 1 fully saturated rings. The molecule has 0 amide bonds. The van der Waals surface area contributed by atoms with Crippen LogP contribution in [0.3, 0.4) is 0 Å².